The van der Waals surface area contributed by atoms with Gasteiger partial charge in [-0.1, -0.05) is 66.7 Å². The highest BCUT2D eigenvalue weighted by molar-refractivity contribution is 6.23. The van der Waals surface area contributed by atoms with Gasteiger partial charge < -0.3 is 9.47 Å². The fraction of sp³-hybridized carbons (Fsp3) is 0.125. The summed E-state index contributed by atoms with van der Waals surface area (Å²) in [4.78, 5) is 2.22. The summed E-state index contributed by atoms with van der Waals surface area (Å²) in [6.45, 7) is 0. The van der Waals surface area contributed by atoms with Crippen LogP contribution >= 0.6 is 0 Å². The van der Waals surface area contributed by atoms with Crippen molar-refractivity contribution in [3.8, 4) is 22.3 Å². The van der Waals surface area contributed by atoms with Crippen LogP contribution in [0.2, 0.25) is 0 Å². The Morgan fingerprint density at radius 1 is 0.618 bits per heavy atom. The lowest BCUT2D eigenvalue weighted by Gasteiger charge is -2.17. The molecular weight excluding hydrogens is 412 g/mol. The van der Waals surface area contributed by atoms with Crippen molar-refractivity contribution in [3.05, 3.63) is 102 Å². The van der Waals surface area contributed by atoms with E-state index in [9.17, 15) is 0 Å². The maximum absolute atomic E-state index is 2.39. The molecule has 1 aliphatic carbocycles. The van der Waals surface area contributed by atoms with Crippen LogP contribution < -0.4 is 4.90 Å². The second-order valence-electron chi connectivity index (χ2n) is 9.73. The van der Waals surface area contributed by atoms with Gasteiger partial charge >= 0.3 is 0 Å². The standard InChI is InChI=1S/C32H26N2/c1-33(2)30-19-31-32(26-11-7-6-10-25(26)30)28-18-21(14-15-29(28)34(31)3)20-12-13-23-16-22-8-4-5-9-24(22)27(23)17-20/h4-15,17-19H,16H2,1-3H3. The molecule has 1 aliphatic rings. The Balaban J connectivity index is 1.49. The quantitative estimate of drug-likeness (QED) is 0.267. The van der Waals surface area contributed by atoms with Crippen LogP contribution in [0.3, 0.4) is 0 Å². The Bertz CT molecular complexity index is 1770. The number of hydrogen-bond donors (Lipinski definition) is 0. The molecule has 2 heteroatoms. The van der Waals surface area contributed by atoms with Crippen molar-refractivity contribution in [1.29, 1.82) is 0 Å². The Kier molecular flexibility index (Phi) is 3.99. The lowest BCUT2D eigenvalue weighted by molar-refractivity contribution is 1.01. The van der Waals surface area contributed by atoms with Crippen LogP contribution in [-0.2, 0) is 13.5 Å². The van der Waals surface area contributed by atoms with E-state index in [1.807, 2.05) is 0 Å². The molecule has 0 spiro atoms. The van der Waals surface area contributed by atoms with Gasteiger partial charge in [0.2, 0.25) is 0 Å². The molecule has 0 amide bonds. The zero-order valence-electron chi connectivity index (χ0n) is 19.8. The van der Waals surface area contributed by atoms with Crippen molar-refractivity contribution in [2.24, 2.45) is 7.05 Å². The Morgan fingerprint density at radius 2 is 1.32 bits per heavy atom. The van der Waals surface area contributed by atoms with Gasteiger partial charge in [-0.25, -0.2) is 0 Å². The van der Waals surface area contributed by atoms with Crippen LogP contribution in [0.1, 0.15) is 11.1 Å². The summed E-state index contributed by atoms with van der Waals surface area (Å²) in [5, 5.41) is 5.27. The fourth-order valence-electron chi connectivity index (χ4n) is 5.90. The average molecular weight is 439 g/mol. The predicted octanol–water partition coefficient (Wildman–Crippen LogP) is 7.79. The maximum atomic E-state index is 2.39. The molecule has 34 heavy (non-hydrogen) atoms. The van der Waals surface area contributed by atoms with E-state index in [-0.39, 0.29) is 0 Å². The van der Waals surface area contributed by atoms with Gasteiger partial charge in [-0.15, -0.1) is 0 Å². The van der Waals surface area contributed by atoms with E-state index in [4.69, 9.17) is 0 Å². The van der Waals surface area contributed by atoms with Crippen LogP contribution in [0.15, 0.2) is 91.0 Å². The molecule has 0 bridgehead atoms. The summed E-state index contributed by atoms with van der Waals surface area (Å²) in [6, 6.07) is 33.9. The maximum Gasteiger partial charge on any atom is 0.0516 e. The SMILES string of the molecule is CN(C)c1cc2c(c3ccccc13)c1cc(-c3ccc4c(c3)-c3ccccc3C4)ccc1n2C. The highest BCUT2D eigenvalue weighted by atomic mass is 15.1. The second kappa shape index (κ2) is 6.98. The van der Waals surface area contributed by atoms with E-state index < -0.39 is 0 Å². The smallest absolute Gasteiger partial charge is 0.0516 e. The van der Waals surface area contributed by atoms with E-state index in [0.717, 1.165) is 6.42 Å². The first kappa shape index (κ1) is 19.4. The number of hydrogen-bond acceptors (Lipinski definition) is 1. The molecule has 2 nitrogen and oxygen atoms in total. The van der Waals surface area contributed by atoms with Crippen molar-refractivity contribution in [1.82, 2.24) is 4.57 Å². The van der Waals surface area contributed by atoms with Crippen molar-refractivity contribution < 1.29 is 0 Å². The minimum atomic E-state index is 1.04. The first-order valence-corrected chi connectivity index (χ1v) is 11.9. The normalized spacial score (nSPS) is 12.4. The molecule has 0 aliphatic heterocycles. The number of anilines is 1. The highest BCUT2D eigenvalue weighted by Crippen LogP contribution is 2.42. The third kappa shape index (κ3) is 2.63. The minimum Gasteiger partial charge on any atom is -0.377 e. The first-order valence-electron chi connectivity index (χ1n) is 11.9. The molecule has 0 fully saturated rings. The van der Waals surface area contributed by atoms with Crippen molar-refractivity contribution >= 4 is 38.3 Å². The van der Waals surface area contributed by atoms with Gasteiger partial charge in [-0.3, -0.25) is 0 Å². The van der Waals surface area contributed by atoms with Crippen LogP contribution in [0.25, 0.3) is 54.8 Å². The predicted molar refractivity (Wildman–Crippen MR) is 146 cm³/mol. The molecule has 5 aromatic carbocycles. The van der Waals surface area contributed by atoms with E-state index in [1.165, 1.54) is 71.6 Å². The summed E-state index contributed by atoms with van der Waals surface area (Å²) in [6.07, 6.45) is 1.04. The number of aromatic nitrogens is 1. The molecular formula is C32H26N2. The third-order valence-electron chi connectivity index (χ3n) is 7.60. The molecule has 7 rings (SSSR count). The van der Waals surface area contributed by atoms with Gasteiger partial charge in [-0.2, -0.15) is 0 Å². The summed E-state index contributed by atoms with van der Waals surface area (Å²) in [5.74, 6) is 0. The van der Waals surface area contributed by atoms with Gasteiger partial charge in [0.15, 0.2) is 0 Å². The Labute approximate surface area is 199 Å². The molecule has 0 radical (unpaired) electrons. The fourth-order valence-corrected chi connectivity index (χ4v) is 5.90. The highest BCUT2D eigenvalue weighted by Gasteiger charge is 2.19. The molecule has 164 valence electrons. The lowest BCUT2D eigenvalue weighted by atomic mass is 9.96. The van der Waals surface area contributed by atoms with Gasteiger partial charge in [-0.05, 0) is 69.5 Å². The topological polar surface area (TPSA) is 8.17 Å². The largest absolute Gasteiger partial charge is 0.377 e. The Hall–Kier alpha value is -4.04. The second-order valence-corrected chi connectivity index (χ2v) is 9.73. The van der Waals surface area contributed by atoms with Crippen molar-refractivity contribution in [2.75, 3.05) is 19.0 Å². The monoisotopic (exact) mass is 438 g/mol. The zero-order chi connectivity index (χ0) is 23.0. The van der Waals surface area contributed by atoms with E-state index >= 15 is 0 Å². The van der Waals surface area contributed by atoms with Crippen LogP contribution in [0.4, 0.5) is 5.69 Å². The molecule has 0 saturated heterocycles. The number of nitrogens with zero attached hydrogens (tertiary/aromatic N) is 2. The number of aryl methyl sites for hydroxylation is 1. The number of benzene rings is 5. The first-order chi connectivity index (χ1) is 16.6. The van der Waals surface area contributed by atoms with Crippen LogP contribution in [0.5, 0.6) is 0 Å². The van der Waals surface area contributed by atoms with Crippen molar-refractivity contribution in [2.45, 2.75) is 6.42 Å². The molecule has 1 heterocycles. The van der Waals surface area contributed by atoms with Crippen molar-refractivity contribution in [3.63, 3.8) is 0 Å². The summed E-state index contributed by atoms with van der Waals surface area (Å²) in [5.41, 5.74) is 12.0. The Morgan fingerprint density at radius 3 is 2.18 bits per heavy atom. The molecule has 0 unspecified atom stereocenters. The summed E-state index contributed by atoms with van der Waals surface area (Å²) >= 11 is 0. The van der Waals surface area contributed by atoms with Gasteiger partial charge in [0.25, 0.3) is 0 Å². The zero-order valence-corrected chi connectivity index (χ0v) is 19.8. The van der Waals surface area contributed by atoms with Gasteiger partial charge in [0.05, 0.1) is 5.52 Å². The summed E-state index contributed by atoms with van der Waals surface area (Å²) in [7, 11) is 6.44. The molecule has 6 aromatic rings. The van der Waals surface area contributed by atoms with E-state index in [0.29, 0.717) is 0 Å². The van der Waals surface area contributed by atoms with Gasteiger partial charge in [0, 0.05) is 48.5 Å². The number of rotatable bonds is 2. The minimum absolute atomic E-state index is 1.04. The lowest BCUT2D eigenvalue weighted by Crippen LogP contribution is -2.09. The van der Waals surface area contributed by atoms with E-state index in [1.54, 1.807) is 0 Å². The van der Waals surface area contributed by atoms with Crippen LogP contribution in [-0.4, -0.2) is 18.7 Å². The van der Waals surface area contributed by atoms with Crippen LogP contribution in [0, 0.1) is 0 Å². The molecule has 1 aromatic heterocycles. The molecule has 0 atom stereocenters. The number of fused-ring (bicyclic) bond motifs is 8. The average Bonchev–Trinajstić information content (AvgIpc) is 3.38. The third-order valence-corrected chi connectivity index (χ3v) is 7.60. The molecule has 0 saturated carbocycles. The van der Waals surface area contributed by atoms with Gasteiger partial charge in [0.1, 0.15) is 0 Å². The summed E-state index contributed by atoms with van der Waals surface area (Å²) < 4.78 is 2.34. The molecule has 0 N–H and O–H groups in total. The van der Waals surface area contributed by atoms with E-state index in [2.05, 4.69) is 122 Å².